The van der Waals surface area contributed by atoms with Crippen molar-refractivity contribution in [3.05, 3.63) is 212 Å². The van der Waals surface area contributed by atoms with E-state index in [1.54, 1.807) is 0 Å². The first kappa shape index (κ1) is 37.0. The van der Waals surface area contributed by atoms with Gasteiger partial charge in [0.15, 0.2) is 11.9 Å². The largest absolute Gasteiger partial charge is 0.327 e. The van der Waals surface area contributed by atoms with Gasteiger partial charge in [0, 0.05) is 24.2 Å². The molecule has 2 heterocycles. The fraction of sp³-hybridized carbons (Fsp3) is 0.0678. The molecule has 0 spiro atoms. The second-order valence-corrected chi connectivity index (χ2v) is 17.5. The summed E-state index contributed by atoms with van der Waals surface area (Å²) in [5.41, 5.74) is 16.6. The summed E-state index contributed by atoms with van der Waals surface area (Å²) in [5.74, 6) is 0.965. The fourth-order valence-electron chi connectivity index (χ4n) is 10.2. The summed E-state index contributed by atoms with van der Waals surface area (Å²) in [4.78, 5) is 5.08. The molecule has 0 aliphatic carbocycles. The number of aryl methyl sites for hydroxylation is 1. The van der Waals surface area contributed by atoms with E-state index in [0.717, 1.165) is 22.4 Å². The molecule has 1 atom stereocenters. The van der Waals surface area contributed by atoms with Crippen LogP contribution in [0.5, 0.6) is 0 Å². The second-order valence-electron chi connectivity index (χ2n) is 17.5. The van der Waals surface area contributed by atoms with Crippen molar-refractivity contribution in [2.45, 2.75) is 6.17 Å². The maximum Gasteiger partial charge on any atom is 0.193 e. The predicted molar refractivity (Wildman–Crippen MR) is 267 cm³/mol. The highest BCUT2D eigenvalue weighted by atomic mass is 15.5. The Kier molecular flexibility index (Phi) is 8.46. The van der Waals surface area contributed by atoms with E-state index in [1.165, 1.54) is 93.8 Å². The van der Waals surface area contributed by atoms with Gasteiger partial charge >= 0.3 is 0 Å². The van der Waals surface area contributed by atoms with Crippen LogP contribution >= 0.6 is 0 Å². The standard InChI is InChI=1S/C59H45N4/c1-62-55-35-44(29-31-53(55)60-58(62)39-17-9-5-10-18-39)47-21-13-23-49-51(47)37-52-48(45-30-32-54-56(36-45)63(2,3)59(61-54)40-19-11-6-12-20-40)22-14-24-50(52)57(49)46-28-27-42-33-41(25-26-43(42)34-46)38-15-7-4-8-16-38/h4-37,59,61H,1-3H3/q+1. The van der Waals surface area contributed by atoms with Gasteiger partial charge in [-0.1, -0.05) is 164 Å². The first-order chi connectivity index (χ1) is 30.9. The number of hydrogen-bond donors (Lipinski definition) is 1. The van der Waals surface area contributed by atoms with Crippen molar-refractivity contribution in [2.24, 2.45) is 7.05 Å². The summed E-state index contributed by atoms with van der Waals surface area (Å²) >= 11 is 0. The van der Waals surface area contributed by atoms with Crippen molar-refractivity contribution in [3.8, 4) is 55.9 Å². The second kappa shape index (κ2) is 14.4. The van der Waals surface area contributed by atoms with Gasteiger partial charge in [0.1, 0.15) is 11.5 Å². The summed E-state index contributed by atoms with van der Waals surface area (Å²) in [6, 6.07) is 75.6. The molecule has 0 radical (unpaired) electrons. The molecule has 0 amide bonds. The number of benzene rings is 10. The smallest absolute Gasteiger partial charge is 0.193 e. The zero-order chi connectivity index (χ0) is 42.2. The van der Waals surface area contributed by atoms with Crippen molar-refractivity contribution in [1.82, 2.24) is 14.0 Å². The molecule has 0 saturated carbocycles. The number of fused-ring (bicyclic) bond motifs is 5. The molecule has 300 valence electrons. The Balaban J connectivity index is 1.07. The van der Waals surface area contributed by atoms with Crippen molar-refractivity contribution in [2.75, 3.05) is 19.4 Å². The average Bonchev–Trinajstić information content (AvgIpc) is 3.81. The lowest BCUT2D eigenvalue weighted by Crippen LogP contribution is -2.43. The lowest BCUT2D eigenvalue weighted by molar-refractivity contribution is 0.346. The molecule has 11 aromatic rings. The topological polar surface area (TPSA) is 29.9 Å². The minimum absolute atomic E-state index is 0.124. The van der Waals surface area contributed by atoms with Crippen LogP contribution in [0.3, 0.4) is 0 Å². The molecule has 0 bridgehead atoms. The van der Waals surface area contributed by atoms with Crippen molar-refractivity contribution >= 4 is 54.7 Å². The average molecular weight is 810 g/mol. The van der Waals surface area contributed by atoms with E-state index in [0.29, 0.717) is 4.48 Å². The van der Waals surface area contributed by atoms with E-state index in [9.17, 15) is 0 Å². The van der Waals surface area contributed by atoms with Gasteiger partial charge in [0.2, 0.25) is 0 Å². The van der Waals surface area contributed by atoms with Crippen molar-refractivity contribution in [3.63, 3.8) is 0 Å². The summed E-state index contributed by atoms with van der Waals surface area (Å²) in [6.07, 6.45) is 0.124. The molecule has 12 rings (SSSR count). The Labute approximate surface area is 367 Å². The SMILES string of the molecule is Cn1c(-c2ccccc2)nc2ccc(-c3cccc4c(-c5ccc6cc(-c7ccccc7)ccc6c5)c5cccc(-c6ccc7c(c6)[N+](C)(C)C(c6ccccc6)N7)c5cc34)cc21. The first-order valence-electron chi connectivity index (χ1n) is 21.8. The molecule has 1 aliphatic heterocycles. The lowest BCUT2D eigenvalue weighted by Gasteiger charge is -2.31. The number of quaternary nitrogens is 1. The van der Waals surface area contributed by atoms with Crippen LogP contribution in [0.1, 0.15) is 11.7 Å². The van der Waals surface area contributed by atoms with E-state index in [-0.39, 0.29) is 6.17 Å². The van der Waals surface area contributed by atoms with Crippen molar-refractivity contribution < 1.29 is 0 Å². The molecule has 1 aromatic heterocycles. The Morgan fingerprint density at radius 2 is 1.03 bits per heavy atom. The quantitative estimate of drug-likeness (QED) is 0.134. The first-order valence-corrected chi connectivity index (χ1v) is 21.8. The molecular formula is C59H45N4+. The minimum Gasteiger partial charge on any atom is -0.327 e. The molecular weight excluding hydrogens is 765 g/mol. The molecule has 1 unspecified atom stereocenters. The van der Waals surface area contributed by atoms with Gasteiger partial charge in [-0.2, -0.15) is 0 Å². The lowest BCUT2D eigenvalue weighted by atomic mass is 9.85. The Morgan fingerprint density at radius 1 is 0.460 bits per heavy atom. The molecule has 1 aliphatic rings. The highest BCUT2D eigenvalue weighted by molar-refractivity contribution is 6.19. The van der Waals surface area contributed by atoms with Gasteiger partial charge in [-0.25, -0.2) is 4.98 Å². The highest BCUT2D eigenvalue weighted by Gasteiger charge is 2.41. The zero-order valence-corrected chi connectivity index (χ0v) is 35.5. The molecule has 1 N–H and O–H groups in total. The Bertz CT molecular complexity index is 3570. The number of nitrogens with zero attached hydrogens (tertiary/aromatic N) is 3. The van der Waals surface area contributed by atoms with Crippen LogP contribution in [0, 0.1) is 0 Å². The van der Waals surface area contributed by atoms with Gasteiger partial charge in [-0.15, -0.1) is 0 Å². The van der Waals surface area contributed by atoms with Gasteiger partial charge in [-0.3, -0.25) is 4.48 Å². The summed E-state index contributed by atoms with van der Waals surface area (Å²) in [6.45, 7) is 0. The van der Waals surface area contributed by atoms with E-state index in [2.05, 4.69) is 237 Å². The van der Waals surface area contributed by atoms with Crippen LogP contribution in [-0.4, -0.2) is 23.6 Å². The summed E-state index contributed by atoms with van der Waals surface area (Å²) in [7, 11) is 6.75. The third kappa shape index (κ3) is 6.06. The van der Waals surface area contributed by atoms with Gasteiger partial charge in [0.05, 0.1) is 25.1 Å². The monoisotopic (exact) mass is 809 g/mol. The van der Waals surface area contributed by atoms with E-state index in [4.69, 9.17) is 4.98 Å². The van der Waals surface area contributed by atoms with Gasteiger partial charge in [0.25, 0.3) is 0 Å². The third-order valence-corrected chi connectivity index (χ3v) is 13.5. The van der Waals surface area contributed by atoms with Crippen LogP contribution in [0.4, 0.5) is 11.4 Å². The Hall–Kier alpha value is -7.79. The van der Waals surface area contributed by atoms with Crippen LogP contribution in [0.2, 0.25) is 0 Å². The fourth-order valence-corrected chi connectivity index (χ4v) is 10.2. The predicted octanol–water partition coefficient (Wildman–Crippen LogP) is 15.1. The van der Waals surface area contributed by atoms with Crippen LogP contribution in [0.15, 0.2) is 206 Å². The van der Waals surface area contributed by atoms with Crippen LogP contribution in [-0.2, 0) is 7.05 Å². The summed E-state index contributed by atoms with van der Waals surface area (Å²) < 4.78 is 2.93. The van der Waals surface area contributed by atoms with Crippen LogP contribution in [0.25, 0.3) is 99.2 Å². The van der Waals surface area contributed by atoms with E-state index < -0.39 is 0 Å². The number of imidazole rings is 1. The summed E-state index contributed by atoms with van der Waals surface area (Å²) in [5, 5.41) is 11.2. The normalized spacial score (nSPS) is 14.4. The van der Waals surface area contributed by atoms with Gasteiger partial charge < -0.3 is 9.88 Å². The molecule has 63 heavy (non-hydrogen) atoms. The van der Waals surface area contributed by atoms with Crippen LogP contribution < -0.4 is 9.80 Å². The number of aromatic nitrogens is 2. The zero-order valence-electron chi connectivity index (χ0n) is 35.5. The number of rotatable bonds is 6. The molecule has 0 fully saturated rings. The van der Waals surface area contributed by atoms with Gasteiger partial charge in [-0.05, 0) is 113 Å². The molecule has 0 saturated heterocycles. The highest BCUT2D eigenvalue weighted by Crippen LogP contribution is 2.49. The molecule has 4 heteroatoms. The number of anilines is 1. The third-order valence-electron chi connectivity index (χ3n) is 13.5. The minimum atomic E-state index is 0.124. The maximum absolute atomic E-state index is 5.08. The number of hydrogen-bond acceptors (Lipinski definition) is 2. The van der Waals surface area contributed by atoms with E-state index in [1.807, 2.05) is 0 Å². The van der Waals surface area contributed by atoms with Crippen molar-refractivity contribution in [1.29, 1.82) is 0 Å². The molecule has 4 nitrogen and oxygen atoms in total. The molecule has 10 aromatic carbocycles. The number of nitrogens with one attached hydrogen (secondary N) is 1. The Morgan fingerprint density at radius 3 is 1.71 bits per heavy atom. The van der Waals surface area contributed by atoms with E-state index >= 15 is 0 Å². The maximum atomic E-state index is 5.08.